The number of hydrogen-bond acceptors (Lipinski definition) is 6. The van der Waals surface area contributed by atoms with Gasteiger partial charge in [0.15, 0.2) is 11.5 Å². The molecule has 180 valence electrons. The highest BCUT2D eigenvalue weighted by molar-refractivity contribution is 7.89. The summed E-state index contributed by atoms with van der Waals surface area (Å²) in [6, 6.07) is 11.3. The van der Waals surface area contributed by atoms with Gasteiger partial charge in [0.05, 0.1) is 18.1 Å². The third kappa shape index (κ3) is 6.25. The van der Waals surface area contributed by atoms with Gasteiger partial charge in [0.2, 0.25) is 10.0 Å². The van der Waals surface area contributed by atoms with Crippen LogP contribution in [0.2, 0.25) is 0 Å². The summed E-state index contributed by atoms with van der Waals surface area (Å²) in [7, 11) is -0.585. The number of sulfonamides is 1. The van der Waals surface area contributed by atoms with Gasteiger partial charge in [0.25, 0.3) is 5.91 Å². The largest absolute Gasteiger partial charge is 0.493 e. The van der Waals surface area contributed by atoms with Gasteiger partial charge in [-0.15, -0.1) is 0 Å². The molecule has 1 aliphatic rings. The fourth-order valence-electron chi connectivity index (χ4n) is 3.43. The van der Waals surface area contributed by atoms with Gasteiger partial charge in [-0.3, -0.25) is 4.79 Å². The van der Waals surface area contributed by atoms with Gasteiger partial charge in [-0.1, -0.05) is 12.1 Å². The Morgan fingerprint density at radius 3 is 2.67 bits per heavy atom. The fraction of sp³-hybridized carbons (Fsp3) is 0.458. The number of hydrogen-bond donors (Lipinski definition) is 1. The predicted molar refractivity (Wildman–Crippen MR) is 125 cm³/mol. The van der Waals surface area contributed by atoms with Crippen molar-refractivity contribution in [1.82, 2.24) is 9.62 Å². The van der Waals surface area contributed by atoms with Crippen LogP contribution in [0.15, 0.2) is 47.4 Å². The second-order valence-corrected chi connectivity index (χ2v) is 10.3. The molecule has 1 amide bonds. The van der Waals surface area contributed by atoms with Gasteiger partial charge in [-0.2, -0.15) is 4.31 Å². The van der Waals surface area contributed by atoms with E-state index in [0.717, 1.165) is 25.0 Å². The second-order valence-electron chi connectivity index (χ2n) is 8.26. The molecule has 33 heavy (non-hydrogen) atoms. The Morgan fingerprint density at radius 1 is 1.21 bits per heavy atom. The van der Waals surface area contributed by atoms with Crippen molar-refractivity contribution in [3.63, 3.8) is 0 Å². The van der Waals surface area contributed by atoms with Crippen molar-refractivity contribution in [1.29, 1.82) is 0 Å². The van der Waals surface area contributed by atoms with E-state index in [9.17, 15) is 13.2 Å². The number of nitrogens with zero attached hydrogens (tertiary/aromatic N) is 1. The van der Waals surface area contributed by atoms with Crippen LogP contribution in [0.5, 0.6) is 11.5 Å². The second kappa shape index (κ2) is 11.0. The lowest BCUT2D eigenvalue weighted by Gasteiger charge is -2.21. The zero-order valence-corrected chi connectivity index (χ0v) is 20.4. The normalized spacial score (nSPS) is 16.2. The molecule has 9 heteroatoms. The summed E-state index contributed by atoms with van der Waals surface area (Å²) in [5, 5.41) is 2.83. The Bertz CT molecular complexity index is 1060. The monoisotopic (exact) mass is 476 g/mol. The minimum atomic E-state index is -3.67. The van der Waals surface area contributed by atoms with E-state index in [1.165, 1.54) is 23.5 Å². The molecule has 0 aromatic heterocycles. The number of rotatable bonds is 10. The highest BCUT2D eigenvalue weighted by Crippen LogP contribution is 2.29. The minimum absolute atomic E-state index is 0.0840. The standard InChI is InChI=1S/C24H32N2O6S/c1-17(2)26(3)33(28,29)21-9-5-7-19(14-21)24(27)25-15-18-10-11-22(23(13-18)30-4)32-16-20-8-6-12-31-20/h5,7,9-11,13-14,17,20H,6,8,12,15-16H2,1-4H3,(H,25,27). The summed E-state index contributed by atoms with van der Waals surface area (Å²) in [6.45, 7) is 5.08. The lowest BCUT2D eigenvalue weighted by atomic mass is 10.1. The van der Waals surface area contributed by atoms with E-state index in [2.05, 4.69) is 5.32 Å². The Morgan fingerprint density at radius 2 is 2.00 bits per heavy atom. The first-order valence-corrected chi connectivity index (χ1v) is 12.4. The number of benzene rings is 2. The number of carbonyl (C=O) groups is 1. The molecule has 1 fully saturated rings. The Kier molecular flexibility index (Phi) is 8.34. The lowest BCUT2D eigenvalue weighted by molar-refractivity contribution is 0.0669. The summed E-state index contributed by atoms with van der Waals surface area (Å²) in [5.74, 6) is 0.830. The summed E-state index contributed by atoms with van der Waals surface area (Å²) in [5.41, 5.74) is 1.10. The number of ether oxygens (including phenoxy) is 3. The fourth-order valence-corrected chi connectivity index (χ4v) is 4.84. The van der Waals surface area contributed by atoms with Gasteiger partial charge >= 0.3 is 0 Å². The number of methoxy groups -OCH3 is 1. The van der Waals surface area contributed by atoms with Crippen LogP contribution in [0.3, 0.4) is 0 Å². The van der Waals surface area contributed by atoms with Crippen molar-refractivity contribution in [3.8, 4) is 11.5 Å². The molecule has 3 rings (SSSR count). The molecule has 0 saturated carbocycles. The highest BCUT2D eigenvalue weighted by Gasteiger charge is 2.24. The lowest BCUT2D eigenvalue weighted by Crippen LogP contribution is -2.33. The van der Waals surface area contributed by atoms with E-state index in [-0.39, 0.29) is 35.1 Å². The minimum Gasteiger partial charge on any atom is -0.493 e. The van der Waals surface area contributed by atoms with Crippen LogP contribution in [0.1, 0.15) is 42.6 Å². The van der Waals surface area contributed by atoms with E-state index >= 15 is 0 Å². The predicted octanol–water partition coefficient (Wildman–Crippen LogP) is 3.21. The molecule has 0 radical (unpaired) electrons. The maximum atomic E-state index is 12.7. The molecule has 1 unspecified atom stereocenters. The van der Waals surface area contributed by atoms with Crippen LogP contribution >= 0.6 is 0 Å². The van der Waals surface area contributed by atoms with Crippen LogP contribution in [-0.4, -0.2) is 58.1 Å². The molecule has 8 nitrogen and oxygen atoms in total. The molecule has 1 N–H and O–H groups in total. The van der Waals surface area contributed by atoms with Gasteiger partial charge in [0.1, 0.15) is 6.61 Å². The smallest absolute Gasteiger partial charge is 0.251 e. The molecule has 1 aliphatic heterocycles. The van der Waals surface area contributed by atoms with Crippen LogP contribution in [0, 0.1) is 0 Å². The number of nitrogens with one attached hydrogen (secondary N) is 1. The van der Waals surface area contributed by atoms with E-state index in [1.807, 2.05) is 18.2 Å². The Balaban J connectivity index is 1.64. The third-order valence-electron chi connectivity index (χ3n) is 5.63. The van der Waals surface area contributed by atoms with Crippen LogP contribution in [0.4, 0.5) is 0 Å². The van der Waals surface area contributed by atoms with E-state index in [1.54, 1.807) is 33.1 Å². The van der Waals surface area contributed by atoms with Crippen LogP contribution in [-0.2, 0) is 21.3 Å². The van der Waals surface area contributed by atoms with Gasteiger partial charge in [-0.25, -0.2) is 8.42 Å². The molecule has 1 saturated heterocycles. The average Bonchev–Trinajstić information content (AvgIpc) is 3.34. The van der Waals surface area contributed by atoms with Gasteiger partial charge in [-0.05, 0) is 62.6 Å². The van der Waals surface area contributed by atoms with Crippen molar-refractivity contribution < 1.29 is 27.4 Å². The first-order valence-electron chi connectivity index (χ1n) is 11.0. The third-order valence-corrected chi connectivity index (χ3v) is 7.66. The van der Waals surface area contributed by atoms with E-state index in [4.69, 9.17) is 14.2 Å². The van der Waals surface area contributed by atoms with Crippen molar-refractivity contribution in [3.05, 3.63) is 53.6 Å². The molecular weight excluding hydrogens is 444 g/mol. The summed E-state index contributed by atoms with van der Waals surface area (Å²) < 4.78 is 43.6. The van der Waals surface area contributed by atoms with E-state index < -0.39 is 10.0 Å². The summed E-state index contributed by atoms with van der Waals surface area (Å²) >= 11 is 0. The number of amides is 1. The van der Waals surface area contributed by atoms with Gasteiger partial charge in [0, 0.05) is 31.8 Å². The van der Waals surface area contributed by atoms with E-state index in [0.29, 0.717) is 18.1 Å². The van der Waals surface area contributed by atoms with Crippen LogP contribution in [0.25, 0.3) is 0 Å². The van der Waals surface area contributed by atoms with Crippen molar-refractivity contribution >= 4 is 15.9 Å². The Labute approximate surface area is 195 Å². The van der Waals surface area contributed by atoms with Crippen LogP contribution < -0.4 is 14.8 Å². The zero-order valence-electron chi connectivity index (χ0n) is 19.5. The SMILES string of the molecule is COc1cc(CNC(=O)c2cccc(S(=O)(=O)N(C)C(C)C)c2)ccc1OCC1CCCO1. The molecule has 1 atom stereocenters. The average molecular weight is 477 g/mol. The Hall–Kier alpha value is -2.62. The molecule has 2 aromatic rings. The van der Waals surface area contributed by atoms with Crippen molar-refractivity contribution in [2.75, 3.05) is 27.4 Å². The maximum Gasteiger partial charge on any atom is 0.251 e. The highest BCUT2D eigenvalue weighted by atomic mass is 32.2. The topological polar surface area (TPSA) is 94.2 Å². The first kappa shape index (κ1) is 25.0. The quantitative estimate of drug-likeness (QED) is 0.566. The zero-order chi connectivity index (χ0) is 24.0. The maximum absolute atomic E-state index is 12.7. The van der Waals surface area contributed by atoms with Gasteiger partial charge < -0.3 is 19.5 Å². The first-order chi connectivity index (χ1) is 15.7. The molecule has 0 bridgehead atoms. The summed E-state index contributed by atoms with van der Waals surface area (Å²) in [6.07, 6.45) is 2.14. The summed E-state index contributed by atoms with van der Waals surface area (Å²) in [4.78, 5) is 12.8. The molecule has 0 spiro atoms. The molecule has 0 aliphatic carbocycles. The van der Waals surface area contributed by atoms with Crippen molar-refractivity contribution in [2.24, 2.45) is 0 Å². The molecule has 2 aromatic carbocycles. The molecular formula is C24H32N2O6S. The number of carbonyl (C=O) groups excluding carboxylic acids is 1. The molecule has 1 heterocycles. The van der Waals surface area contributed by atoms with Crippen molar-refractivity contribution in [2.45, 2.75) is 50.3 Å².